The second-order valence-corrected chi connectivity index (χ2v) is 2.94. The van der Waals surface area contributed by atoms with E-state index >= 15 is 0 Å². The average molecular weight is 203 g/mol. The van der Waals surface area contributed by atoms with E-state index in [2.05, 4.69) is 20.5 Å². The van der Waals surface area contributed by atoms with Crippen LogP contribution in [0.5, 0.6) is 0 Å². The quantitative estimate of drug-likeness (QED) is 0.727. The topological polar surface area (TPSA) is 93.8 Å². The number of anilines is 1. The Balaban J connectivity index is 2.26. The summed E-state index contributed by atoms with van der Waals surface area (Å²) in [6.07, 6.45) is 0. The molecule has 15 heavy (non-hydrogen) atoms. The molecular weight excluding hydrogens is 194 g/mol. The molecule has 0 atom stereocenters. The third-order valence-corrected chi connectivity index (χ3v) is 1.78. The first kappa shape index (κ1) is 9.32. The van der Waals surface area contributed by atoms with Gasteiger partial charge in [0.2, 0.25) is 11.9 Å². The van der Waals surface area contributed by atoms with Crippen molar-refractivity contribution in [1.82, 2.24) is 15.2 Å². The van der Waals surface area contributed by atoms with Gasteiger partial charge in [0.15, 0.2) is 0 Å². The van der Waals surface area contributed by atoms with Crippen LogP contribution in [0.2, 0.25) is 0 Å². The second kappa shape index (κ2) is 3.87. The smallest absolute Gasteiger partial charge is 0.243 e. The summed E-state index contributed by atoms with van der Waals surface area (Å²) in [7, 11) is 0. The number of hydrogen-bond acceptors (Lipinski definition) is 5. The summed E-state index contributed by atoms with van der Waals surface area (Å²) < 4.78 is 0. The van der Waals surface area contributed by atoms with Crippen LogP contribution < -0.4 is 11.1 Å². The molecule has 0 fully saturated rings. The van der Waals surface area contributed by atoms with E-state index < -0.39 is 5.91 Å². The summed E-state index contributed by atoms with van der Waals surface area (Å²) in [5.74, 6) is -0.167. The van der Waals surface area contributed by atoms with E-state index in [1.165, 1.54) is 0 Å². The summed E-state index contributed by atoms with van der Waals surface area (Å²) in [5.41, 5.74) is 6.41. The van der Waals surface area contributed by atoms with Crippen LogP contribution in [0.1, 0.15) is 0 Å². The van der Waals surface area contributed by atoms with Gasteiger partial charge in [-0.05, 0) is 12.1 Å². The average Bonchev–Trinajstić information content (AvgIpc) is 2.26. The number of carbonyl (C=O) groups is 1. The number of benzene rings is 1. The zero-order chi connectivity index (χ0) is 10.7. The summed E-state index contributed by atoms with van der Waals surface area (Å²) in [4.78, 5) is 14.7. The van der Waals surface area contributed by atoms with Crippen LogP contribution in [0.4, 0.5) is 5.95 Å². The van der Waals surface area contributed by atoms with Gasteiger partial charge in [0.05, 0.1) is 12.1 Å². The maximum Gasteiger partial charge on any atom is 0.243 e. The Morgan fingerprint density at radius 2 is 2.00 bits per heavy atom. The lowest BCUT2D eigenvalue weighted by Gasteiger charge is -2.01. The van der Waals surface area contributed by atoms with Gasteiger partial charge in [0, 0.05) is 0 Å². The van der Waals surface area contributed by atoms with Gasteiger partial charge < -0.3 is 11.1 Å². The van der Waals surface area contributed by atoms with Crippen LogP contribution in [0, 0.1) is 0 Å². The van der Waals surface area contributed by atoms with E-state index in [4.69, 9.17) is 5.73 Å². The number of aromatic nitrogens is 3. The molecule has 0 aliphatic heterocycles. The van der Waals surface area contributed by atoms with Crippen LogP contribution in [-0.2, 0) is 4.79 Å². The van der Waals surface area contributed by atoms with Gasteiger partial charge in [-0.25, -0.2) is 4.98 Å². The molecule has 0 unspecified atom stereocenters. The first-order valence-corrected chi connectivity index (χ1v) is 4.37. The maximum atomic E-state index is 10.5. The van der Waals surface area contributed by atoms with E-state index in [-0.39, 0.29) is 6.54 Å². The van der Waals surface area contributed by atoms with Gasteiger partial charge in [-0.15, -0.1) is 10.2 Å². The molecule has 6 heteroatoms. The van der Waals surface area contributed by atoms with Gasteiger partial charge >= 0.3 is 0 Å². The third kappa shape index (κ3) is 2.16. The third-order valence-electron chi connectivity index (χ3n) is 1.78. The number of amides is 1. The first-order chi connectivity index (χ1) is 7.25. The summed E-state index contributed by atoms with van der Waals surface area (Å²) in [5, 5.41) is 10.4. The number of fused-ring (bicyclic) bond motifs is 1. The number of primary amides is 1. The predicted molar refractivity (Wildman–Crippen MR) is 55.0 cm³/mol. The Morgan fingerprint density at radius 1 is 1.27 bits per heavy atom. The van der Waals surface area contributed by atoms with E-state index in [0.717, 1.165) is 5.52 Å². The molecule has 1 aromatic heterocycles. The lowest BCUT2D eigenvalue weighted by atomic mass is 10.3. The molecule has 0 saturated carbocycles. The predicted octanol–water partition coefficient (Wildman–Crippen LogP) is -0.0780. The highest BCUT2D eigenvalue weighted by Gasteiger charge is 2.01. The SMILES string of the molecule is NC(=O)CNc1nnc2ccccc2n1. The van der Waals surface area contributed by atoms with Crippen molar-refractivity contribution in [3.05, 3.63) is 24.3 Å². The molecule has 1 amide bonds. The number of para-hydroxylation sites is 1. The number of nitrogens with two attached hydrogens (primary N) is 1. The second-order valence-electron chi connectivity index (χ2n) is 2.94. The standard InChI is InChI=1S/C9H9N5O/c10-8(15)5-11-9-12-6-3-1-2-4-7(6)13-14-9/h1-4H,5H2,(H2,10,15)(H,11,12,14). The summed E-state index contributed by atoms with van der Waals surface area (Å²) >= 11 is 0. The van der Waals surface area contributed by atoms with Gasteiger partial charge in [0.25, 0.3) is 0 Å². The highest BCUT2D eigenvalue weighted by atomic mass is 16.1. The number of rotatable bonds is 3. The monoisotopic (exact) mass is 203 g/mol. The fraction of sp³-hybridized carbons (Fsp3) is 0.111. The van der Waals surface area contributed by atoms with Crippen molar-refractivity contribution in [3.8, 4) is 0 Å². The Kier molecular flexibility index (Phi) is 2.40. The van der Waals surface area contributed by atoms with Crippen molar-refractivity contribution in [2.45, 2.75) is 0 Å². The van der Waals surface area contributed by atoms with Crippen LogP contribution in [-0.4, -0.2) is 27.6 Å². The largest absolute Gasteiger partial charge is 0.368 e. The van der Waals surface area contributed by atoms with Gasteiger partial charge in [-0.1, -0.05) is 12.1 Å². The number of carbonyl (C=O) groups excluding carboxylic acids is 1. The maximum absolute atomic E-state index is 10.5. The minimum atomic E-state index is -0.466. The van der Waals surface area contributed by atoms with Crippen LogP contribution in [0.15, 0.2) is 24.3 Å². The molecule has 0 radical (unpaired) electrons. The van der Waals surface area contributed by atoms with Gasteiger partial charge in [0.1, 0.15) is 5.52 Å². The summed E-state index contributed by atoms with van der Waals surface area (Å²) in [6.45, 7) is 0.0000201. The number of hydrogen-bond donors (Lipinski definition) is 2. The van der Waals surface area contributed by atoms with E-state index in [1.54, 1.807) is 0 Å². The Bertz CT molecular complexity index is 499. The summed E-state index contributed by atoms with van der Waals surface area (Å²) in [6, 6.07) is 7.34. The van der Waals surface area contributed by atoms with Crippen LogP contribution in [0.3, 0.4) is 0 Å². The molecule has 0 spiro atoms. The normalized spacial score (nSPS) is 10.1. The lowest BCUT2D eigenvalue weighted by Crippen LogP contribution is -2.22. The molecule has 2 aromatic rings. The molecule has 1 aromatic carbocycles. The van der Waals surface area contributed by atoms with E-state index in [1.807, 2.05) is 24.3 Å². The lowest BCUT2D eigenvalue weighted by molar-refractivity contribution is -0.116. The van der Waals surface area contributed by atoms with Crippen molar-refractivity contribution < 1.29 is 4.79 Å². The molecule has 0 aliphatic rings. The molecule has 3 N–H and O–H groups in total. The molecule has 0 aliphatic carbocycles. The molecule has 6 nitrogen and oxygen atoms in total. The van der Waals surface area contributed by atoms with E-state index in [0.29, 0.717) is 11.5 Å². The van der Waals surface area contributed by atoms with Crippen molar-refractivity contribution >= 4 is 22.9 Å². The Morgan fingerprint density at radius 3 is 2.73 bits per heavy atom. The van der Waals surface area contributed by atoms with Crippen molar-refractivity contribution in [2.75, 3.05) is 11.9 Å². The molecule has 0 saturated heterocycles. The van der Waals surface area contributed by atoms with E-state index in [9.17, 15) is 4.79 Å². The van der Waals surface area contributed by atoms with Crippen molar-refractivity contribution in [3.63, 3.8) is 0 Å². The molecule has 0 bridgehead atoms. The zero-order valence-corrected chi connectivity index (χ0v) is 7.84. The molecular formula is C9H9N5O. The zero-order valence-electron chi connectivity index (χ0n) is 7.84. The molecule has 76 valence electrons. The fourth-order valence-corrected chi connectivity index (χ4v) is 1.12. The number of nitrogens with zero attached hydrogens (tertiary/aromatic N) is 3. The highest BCUT2D eigenvalue weighted by Crippen LogP contribution is 2.08. The minimum Gasteiger partial charge on any atom is -0.368 e. The first-order valence-electron chi connectivity index (χ1n) is 4.37. The Hall–Kier alpha value is -2.24. The fourth-order valence-electron chi connectivity index (χ4n) is 1.12. The molecule has 2 rings (SSSR count). The minimum absolute atomic E-state index is 0.0000201. The van der Waals surface area contributed by atoms with Crippen molar-refractivity contribution in [2.24, 2.45) is 5.73 Å². The number of nitrogens with one attached hydrogen (secondary N) is 1. The Labute approximate surface area is 85.5 Å². The van der Waals surface area contributed by atoms with Gasteiger partial charge in [-0.2, -0.15) is 0 Å². The highest BCUT2D eigenvalue weighted by molar-refractivity contribution is 5.79. The van der Waals surface area contributed by atoms with Crippen molar-refractivity contribution in [1.29, 1.82) is 0 Å². The van der Waals surface area contributed by atoms with Crippen LogP contribution in [0.25, 0.3) is 11.0 Å². The van der Waals surface area contributed by atoms with Crippen LogP contribution >= 0.6 is 0 Å². The molecule has 1 heterocycles. The van der Waals surface area contributed by atoms with Gasteiger partial charge in [-0.3, -0.25) is 4.79 Å².